The zero-order valence-corrected chi connectivity index (χ0v) is 9.67. The zero-order chi connectivity index (χ0) is 11.5. The highest BCUT2D eigenvalue weighted by Crippen LogP contribution is 2.17. The highest BCUT2D eigenvalue weighted by Gasteiger charge is 2.13. The lowest BCUT2D eigenvalue weighted by Gasteiger charge is -2.09. The van der Waals surface area contributed by atoms with Crippen molar-refractivity contribution < 1.29 is 0 Å². The van der Waals surface area contributed by atoms with E-state index >= 15 is 0 Å². The second-order valence-corrected chi connectivity index (χ2v) is 3.89. The Bertz CT molecular complexity index is 456. The second-order valence-electron chi connectivity index (χ2n) is 3.89. The van der Waals surface area contributed by atoms with Crippen LogP contribution in [0.2, 0.25) is 0 Å². The van der Waals surface area contributed by atoms with Gasteiger partial charge in [0, 0.05) is 31.5 Å². The number of hydrogen-bond acceptors (Lipinski definition) is 3. The first-order valence-electron chi connectivity index (χ1n) is 5.48. The molecule has 2 heterocycles. The molecule has 2 aromatic heterocycles. The molecule has 0 radical (unpaired) electrons. The Kier molecular flexibility index (Phi) is 3.05. The van der Waals surface area contributed by atoms with Crippen LogP contribution in [0.4, 0.5) is 0 Å². The van der Waals surface area contributed by atoms with E-state index in [-0.39, 0.29) is 6.04 Å². The molecule has 0 aliphatic rings. The third-order valence-electron chi connectivity index (χ3n) is 2.64. The van der Waals surface area contributed by atoms with Crippen molar-refractivity contribution >= 4 is 0 Å². The summed E-state index contributed by atoms with van der Waals surface area (Å²) in [5.41, 5.74) is 8.18. The van der Waals surface area contributed by atoms with Crippen molar-refractivity contribution in [1.82, 2.24) is 19.6 Å². The third-order valence-corrected chi connectivity index (χ3v) is 2.64. The molecule has 0 fully saturated rings. The van der Waals surface area contributed by atoms with E-state index in [4.69, 9.17) is 5.73 Å². The summed E-state index contributed by atoms with van der Waals surface area (Å²) in [6.45, 7) is 3.06. The number of rotatable bonds is 4. The molecule has 2 aromatic rings. The first-order chi connectivity index (χ1) is 7.72. The Morgan fingerprint density at radius 1 is 1.44 bits per heavy atom. The van der Waals surface area contributed by atoms with Gasteiger partial charge in [0.1, 0.15) is 0 Å². The van der Waals surface area contributed by atoms with Crippen LogP contribution in [-0.2, 0) is 13.6 Å². The Morgan fingerprint density at radius 2 is 2.25 bits per heavy atom. The Balaban J connectivity index is 2.20. The molecule has 1 unspecified atom stereocenters. The van der Waals surface area contributed by atoms with E-state index in [0.717, 1.165) is 24.2 Å². The summed E-state index contributed by atoms with van der Waals surface area (Å²) in [6, 6.07) is 1.78. The van der Waals surface area contributed by atoms with Gasteiger partial charge in [-0.25, -0.2) is 0 Å². The van der Waals surface area contributed by atoms with Crippen LogP contribution in [0.5, 0.6) is 0 Å². The summed E-state index contributed by atoms with van der Waals surface area (Å²) in [5.74, 6) is 0. The van der Waals surface area contributed by atoms with Gasteiger partial charge >= 0.3 is 0 Å². The number of aromatic nitrogens is 4. The number of nitrogens with zero attached hydrogens (tertiary/aromatic N) is 4. The van der Waals surface area contributed by atoms with Crippen molar-refractivity contribution in [3.05, 3.63) is 35.9 Å². The highest BCUT2D eigenvalue weighted by atomic mass is 15.3. The Morgan fingerprint density at radius 3 is 2.88 bits per heavy atom. The van der Waals surface area contributed by atoms with E-state index in [1.165, 1.54) is 0 Å². The van der Waals surface area contributed by atoms with Crippen molar-refractivity contribution in [2.45, 2.75) is 25.9 Å². The lowest BCUT2D eigenvalue weighted by molar-refractivity contribution is 0.601. The van der Waals surface area contributed by atoms with Gasteiger partial charge in [0.2, 0.25) is 0 Å². The topological polar surface area (TPSA) is 61.7 Å². The monoisotopic (exact) mass is 219 g/mol. The molecule has 0 aromatic carbocycles. The van der Waals surface area contributed by atoms with Crippen LogP contribution in [0, 0.1) is 0 Å². The number of nitrogens with two attached hydrogens (primary N) is 1. The standard InChI is InChI=1S/C11H17N5/c1-3-6-16-8-9(7-14-16)11(12)10-4-5-13-15(10)2/h4-5,7-8,11H,3,6,12H2,1-2H3. The second kappa shape index (κ2) is 4.49. The SMILES string of the molecule is CCCn1cc(C(N)c2ccnn2C)cn1. The van der Waals surface area contributed by atoms with Gasteiger partial charge in [0.05, 0.1) is 17.9 Å². The molecular weight excluding hydrogens is 202 g/mol. The molecule has 5 nitrogen and oxygen atoms in total. The van der Waals surface area contributed by atoms with Gasteiger partial charge < -0.3 is 5.73 Å². The predicted molar refractivity (Wildman–Crippen MR) is 61.8 cm³/mol. The van der Waals surface area contributed by atoms with Crippen LogP contribution in [0.15, 0.2) is 24.7 Å². The van der Waals surface area contributed by atoms with E-state index < -0.39 is 0 Å². The van der Waals surface area contributed by atoms with Crippen LogP contribution >= 0.6 is 0 Å². The smallest absolute Gasteiger partial charge is 0.0753 e. The molecule has 0 aliphatic heterocycles. The van der Waals surface area contributed by atoms with Crippen molar-refractivity contribution in [2.75, 3.05) is 0 Å². The quantitative estimate of drug-likeness (QED) is 0.836. The molecule has 1 atom stereocenters. The minimum absolute atomic E-state index is 0.155. The van der Waals surface area contributed by atoms with Gasteiger partial charge in [0.15, 0.2) is 0 Å². The van der Waals surface area contributed by atoms with Crippen LogP contribution in [0.25, 0.3) is 0 Å². The first-order valence-corrected chi connectivity index (χ1v) is 5.48. The maximum atomic E-state index is 6.16. The lowest BCUT2D eigenvalue weighted by atomic mass is 10.1. The molecule has 0 bridgehead atoms. The Labute approximate surface area is 94.9 Å². The summed E-state index contributed by atoms with van der Waals surface area (Å²) in [5, 5.41) is 8.39. The summed E-state index contributed by atoms with van der Waals surface area (Å²) < 4.78 is 3.72. The van der Waals surface area contributed by atoms with E-state index in [9.17, 15) is 0 Å². The van der Waals surface area contributed by atoms with E-state index in [1.54, 1.807) is 10.9 Å². The maximum absolute atomic E-state index is 6.16. The van der Waals surface area contributed by atoms with Crippen LogP contribution < -0.4 is 5.73 Å². The minimum Gasteiger partial charge on any atom is -0.319 e. The van der Waals surface area contributed by atoms with Crippen molar-refractivity contribution in [1.29, 1.82) is 0 Å². The molecular formula is C11H17N5. The van der Waals surface area contributed by atoms with Gasteiger partial charge in [-0.1, -0.05) is 6.92 Å². The summed E-state index contributed by atoms with van der Waals surface area (Å²) in [4.78, 5) is 0. The fourth-order valence-corrected chi connectivity index (χ4v) is 1.75. The van der Waals surface area contributed by atoms with Crippen molar-refractivity contribution in [2.24, 2.45) is 12.8 Å². The summed E-state index contributed by atoms with van der Waals surface area (Å²) in [7, 11) is 1.89. The van der Waals surface area contributed by atoms with Gasteiger partial charge in [0.25, 0.3) is 0 Å². The average Bonchev–Trinajstić information content (AvgIpc) is 2.87. The molecule has 2 N–H and O–H groups in total. The molecule has 0 spiro atoms. The molecule has 16 heavy (non-hydrogen) atoms. The maximum Gasteiger partial charge on any atom is 0.0753 e. The molecule has 0 aliphatic carbocycles. The zero-order valence-electron chi connectivity index (χ0n) is 9.67. The van der Waals surface area contributed by atoms with Crippen molar-refractivity contribution in [3.8, 4) is 0 Å². The molecule has 5 heteroatoms. The molecule has 2 rings (SSSR count). The van der Waals surface area contributed by atoms with Gasteiger partial charge in [-0.15, -0.1) is 0 Å². The molecule has 0 saturated heterocycles. The average molecular weight is 219 g/mol. The molecule has 0 saturated carbocycles. The van der Waals surface area contributed by atoms with E-state index in [0.29, 0.717) is 0 Å². The van der Waals surface area contributed by atoms with Crippen molar-refractivity contribution in [3.63, 3.8) is 0 Å². The first kappa shape index (κ1) is 10.9. The Hall–Kier alpha value is -1.62. The number of hydrogen-bond donors (Lipinski definition) is 1. The summed E-state index contributed by atoms with van der Waals surface area (Å²) in [6.07, 6.45) is 6.65. The fourth-order valence-electron chi connectivity index (χ4n) is 1.75. The fraction of sp³-hybridized carbons (Fsp3) is 0.455. The largest absolute Gasteiger partial charge is 0.319 e. The lowest BCUT2D eigenvalue weighted by Crippen LogP contribution is -2.15. The van der Waals surface area contributed by atoms with Crippen LogP contribution in [0.1, 0.15) is 30.6 Å². The van der Waals surface area contributed by atoms with E-state index in [1.807, 2.05) is 30.2 Å². The van der Waals surface area contributed by atoms with Gasteiger partial charge in [-0.3, -0.25) is 9.36 Å². The van der Waals surface area contributed by atoms with Gasteiger partial charge in [-0.05, 0) is 12.5 Å². The normalized spacial score (nSPS) is 12.9. The van der Waals surface area contributed by atoms with E-state index in [2.05, 4.69) is 17.1 Å². The molecule has 86 valence electrons. The molecule has 0 amide bonds. The van der Waals surface area contributed by atoms with Crippen LogP contribution in [-0.4, -0.2) is 19.6 Å². The minimum atomic E-state index is -0.155. The third kappa shape index (κ3) is 1.99. The van der Waals surface area contributed by atoms with Gasteiger partial charge in [-0.2, -0.15) is 10.2 Å². The van der Waals surface area contributed by atoms with Crippen LogP contribution in [0.3, 0.4) is 0 Å². The number of aryl methyl sites for hydroxylation is 2. The highest BCUT2D eigenvalue weighted by molar-refractivity contribution is 5.22. The predicted octanol–water partition coefficient (Wildman–Crippen LogP) is 1.07. The summed E-state index contributed by atoms with van der Waals surface area (Å²) >= 11 is 0.